The maximum Gasteiger partial charge on any atom is 0.241 e. The van der Waals surface area contributed by atoms with Gasteiger partial charge in [-0.25, -0.2) is 8.78 Å². The molecule has 1 aromatic heterocycles. The summed E-state index contributed by atoms with van der Waals surface area (Å²) in [4.78, 5) is 18.1. The van der Waals surface area contributed by atoms with Gasteiger partial charge in [0.2, 0.25) is 5.91 Å². The maximum atomic E-state index is 13.6. The molecule has 1 aromatic carbocycles. The van der Waals surface area contributed by atoms with Crippen LogP contribution in [-0.2, 0) is 11.3 Å². The fourth-order valence-corrected chi connectivity index (χ4v) is 2.26. The van der Waals surface area contributed by atoms with E-state index in [1.807, 2.05) is 6.07 Å². The van der Waals surface area contributed by atoms with Gasteiger partial charge in [0.05, 0.1) is 18.3 Å². The summed E-state index contributed by atoms with van der Waals surface area (Å²) in [6.45, 7) is 2.16. The molecule has 1 atom stereocenters. The molecule has 0 saturated carbocycles. The Morgan fingerprint density at radius 2 is 2.17 bits per heavy atom. The van der Waals surface area contributed by atoms with Crippen LogP contribution in [0.3, 0.4) is 0 Å². The standard InChI is InChI=1S/C17H19F2N3O2/c1-12(17(24)21-16-9-14(18)4-5-15(16)19)22(7-8-23)11-13-3-2-6-20-10-13/h2-6,9-10,12,23H,7-8,11H2,1H3,(H,21,24). The highest BCUT2D eigenvalue weighted by molar-refractivity contribution is 5.94. The van der Waals surface area contributed by atoms with Crippen molar-refractivity contribution in [3.8, 4) is 0 Å². The molecular formula is C17H19F2N3O2. The highest BCUT2D eigenvalue weighted by Gasteiger charge is 2.22. The van der Waals surface area contributed by atoms with Crippen LogP contribution in [0.4, 0.5) is 14.5 Å². The molecule has 1 heterocycles. The van der Waals surface area contributed by atoms with Gasteiger partial charge in [-0.1, -0.05) is 6.07 Å². The number of aliphatic hydroxyl groups excluding tert-OH is 1. The monoisotopic (exact) mass is 335 g/mol. The topological polar surface area (TPSA) is 65.5 Å². The van der Waals surface area contributed by atoms with Crippen molar-refractivity contribution in [2.24, 2.45) is 0 Å². The van der Waals surface area contributed by atoms with Crippen molar-refractivity contribution in [1.82, 2.24) is 9.88 Å². The van der Waals surface area contributed by atoms with Crippen molar-refractivity contribution >= 4 is 11.6 Å². The SMILES string of the molecule is CC(C(=O)Nc1cc(F)ccc1F)N(CCO)Cc1cccnc1. The van der Waals surface area contributed by atoms with Gasteiger partial charge in [-0.15, -0.1) is 0 Å². The first-order valence-electron chi connectivity index (χ1n) is 7.51. The van der Waals surface area contributed by atoms with E-state index in [9.17, 15) is 18.7 Å². The van der Waals surface area contributed by atoms with E-state index in [-0.39, 0.29) is 18.8 Å². The Hall–Kier alpha value is -2.38. The van der Waals surface area contributed by atoms with Crippen molar-refractivity contribution in [2.75, 3.05) is 18.5 Å². The molecule has 2 aromatic rings. The number of benzene rings is 1. The van der Waals surface area contributed by atoms with Gasteiger partial charge in [-0.05, 0) is 30.7 Å². The second-order valence-corrected chi connectivity index (χ2v) is 5.34. The Labute approximate surface area is 138 Å². The molecule has 2 rings (SSSR count). The number of nitrogens with one attached hydrogen (secondary N) is 1. The second-order valence-electron chi connectivity index (χ2n) is 5.34. The minimum Gasteiger partial charge on any atom is -0.395 e. The molecule has 1 amide bonds. The molecule has 0 aliphatic heterocycles. The first-order chi connectivity index (χ1) is 11.5. The zero-order valence-electron chi connectivity index (χ0n) is 13.2. The third-order valence-corrected chi connectivity index (χ3v) is 3.61. The summed E-state index contributed by atoms with van der Waals surface area (Å²) >= 11 is 0. The average Bonchev–Trinajstić information content (AvgIpc) is 2.58. The summed E-state index contributed by atoms with van der Waals surface area (Å²) < 4.78 is 26.8. The van der Waals surface area contributed by atoms with Crippen LogP contribution in [-0.4, -0.2) is 40.1 Å². The number of amides is 1. The van der Waals surface area contributed by atoms with Gasteiger partial charge in [0.1, 0.15) is 11.6 Å². The molecule has 0 aliphatic carbocycles. The summed E-state index contributed by atoms with van der Waals surface area (Å²) in [5.74, 6) is -1.84. The van der Waals surface area contributed by atoms with Crippen LogP contribution < -0.4 is 5.32 Å². The van der Waals surface area contributed by atoms with Crippen LogP contribution in [0.25, 0.3) is 0 Å². The number of halogens is 2. The summed E-state index contributed by atoms with van der Waals surface area (Å²) in [7, 11) is 0. The van der Waals surface area contributed by atoms with Crippen LogP contribution in [0.2, 0.25) is 0 Å². The quantitative estimate of drug-likeness (QED) is 0.814. The molecule has 0 fully saturated rings. The van der Waals surface area contributed by atoms with Gasteiger partial charge in [0.25, 0.3) is 0 Å². The Kier molecular flexibility index (Phi) is 6.34. The maximum absolute atomic E-state index is 13.6. The number of aromatic nitrogens is 1. The van der Waals surface area contributed by atoms with E-state index in [0.717, 1.165) is 23.8 Å². The van der Waals surface area contributed by atoms with E-state index in [0.29, 0.717) is 6.54 Å². The van der Waals surface area contributed by atoms with Crippen LogP contribution >= 0.6 is 0 Å². The van der Waals surface area contributed by atoms with Crippen LogP contribution in [0.15, 0.2) is 42.7 Å². The predicted octanol–water partition coefficient (Wildman–Crippen LogP) is 2.18. The molecule has 128 valence electrons. The summed E-state index contributed by atoms with van der Waals surface area (Å²) in [5.41, 5.74) is 0.666. The third kappa shape index (κ3) is 4.81. The molecule has 0 aliphatic rings. The largest absolute Gasteiger partial charge is 0.395 e. The molecule has 0 radical (unpaired) electrons. The first-order valence-corrected chi connectivity index (χ1v) is 7.51. The number of hydrogen-bond acceptors (Lipinski definition) is 4. The highest BCUT2D eigenvalue weighted by atomic mass is 19.1. The van der Waals surface area contributed by atoms with E-state index in [4.69, 9.17) is 0 Å². The van der Waals surface area contributed by atoms with Gasteiger partial charge in [-0.2, -0.15) is 0 Å². The fraction of sp³-hybridized carbons (Fsp3) is 0.294. The lowest BCUT2D eigenvalue weighted by atomic mass is 10.2. The molecule has 2 N–H and O–H groups in total. The van der Waals surface area contributed by atoms with E-state index in [1.54, 1.807) is 30.3 Å². The Bertz CT molecular complexity index is 683. The molecule has 0 bridgehead atoms. The Morgan fingerprint density at radius 1 is 1.38 bits per heavy atom. The molecule has 0 saturated heterocycles. The molecule has 24 heavy (non-hydrogen) atoms. The van der Waals surface area contributed by atoms with Crippen molar-refractivity contribution < 1.29 is 18.7 Å². The van der Waals surface area contributed by atoms with Crippen LogP contribution in [0.5, 0.6) is 0 Å². The summed E-state index contributed by atoms with van der Waals surface area (Å²) in [5, 5.41) is 11.6. The number of carbonyl (C=O) groups is 1. The number of pyridine rings is 1. The number of aliphatic hydroxyl groups is 1. The highest BCUT2D eigenvalue weighted by Crippen LogP contribution is 2.16. The van der Waals surface area contributed by atoms with Gasteiger partial charge >= 0.3 is 0 Å². The summed E-state index contributed by atoms with van der Waals surface area (Å²) in [6, 6.07) is 5.84. The second kappa shape index (κ2) is 8.47. The smallest absolute Gasteiger partial charge is 0.241 e. The molecule has 5 nitrogen and oxygen atoms in total. The van der Waals surface area contributed by atoms with E-state index in [2.05, 4.69) is 10.3 Å². The molecule has 0 spiro atoms. The lowest BCUT2D eigenvalue weighted by Crippen LogP contribution is -2.43. The van der Waals surface area contributed by atoms with Crippen LogP contribution in [0.1, 0.15) is 12.5 Å². The first kappa shape index (κ1) is 18.0. The normalized spacial score (nSPS) is 12.2. The Morgan fingerprint density at radius 3 is 2.83 bits per heavy atom. The van der Waals surface area contributed by atoms with E-state index < -0.39 is 23.6 Å². The average molecular weight is 335 g/mol. The van der Waals surface area contributed by atoms with Crippen molar-refractivity contribution in [3.63, 3.8) is 0 Å². The lowest BCUT2D eigenvalue weighted by molar-refractivity contribution is -0.121. The van der Waals surface area contributed by atoms with E-state index in [1.165, 1.54) is 0 Å². The number of nitrogens with zero attached hydrogens (tertiary/aromatic N) is 2. The third-order valence-electron chi connectivity index (χ3n) is 3.61. The number of rotatable bonds is 7. The molecular weight excluding hydrogens is 316 g/mol. The van der Waals surface area contributed by atoms with Gasteiger partial charge in [-0.3, -0.25) is 14.7 Å². The fourth-order valence-electron chi connectivity index (χ4n) is 2.26. The number of anilines is 1. The Balaban J connectivity index is 2.09. The van der Waals surface area contributed by atoms with Crippen molar-refractivity contribution in [3.05, 3.63) is 59.9 Å². The number of carbonyl (C=O) groups excluding carboxylic acids is 1. The van der Waals surface area contributed by atoms with E-state index >= 15 is 0 Å². The lowest BCUT2D eigenvalue weighted by Gasteiger charge is -2.27. The van der Waals surface area contributed by atoms with Gasteiger partial charge < -0.3 is 10.4 Å². The minimum absolute atomic E-state index is 0.133. The minimum atomic E-state index is -0.710. The van der Waals surface area contributed by atoms with Crippen molar-refractivity contribution in [1.29, 1.82) is 0 Å². The van der Waals surface area contributed by atoms with Gasteiger partial charge in [0, 0.05) is 31.5 Å². The molecule has 1 unspecified atom stereocenters. The summed E-state index contributed by atoms with van der Waals surface area (Å²) in [6.07, 6.45) is 3.31. The predicted molar refractivity (Wildman–Crippen MR) is 86.2 cm³/mol. The van der Waals surface area contributed by atoms with Gasteiger partial charge in [0.15, 0.2) is 0 Å². The number of hydrogen-bond donors (Lipinski definition) is 2. The van der Waals surface area contributed by atoms with Crippen LogP contribution in [0, 0.1) is 11.6 Å². The molecule has 7 heteroatoms. The zero-order valence-corrected chi connectivity index (χ0v) is 13.2. The van der Waals surface area contributed by atoms with Crippen molar-refractivity contribution in [2.45, 2.75) is 19.5 Å². The zero-order chi connectivity index (χ0) is 17.5.